The van der Waals surface area contributed by atoms with E-state index in [-0.39, 0.29) is 10.9 Å². The molecule has 3 aromatic carbocycles. The molecule has 162 valence electrons. The zero-order chi connectivity index (χ0) is 22.4. The molecule has 5 nitrogen and oxygen atoms in total. The van der Waals surface area contributed by atoms with E-state index in [0.29, 0.717) is 55.0 Å². The van der Waals surface area contributed by atoms with Crippen molar-refractivity contribution in [1.82, 2.24) is 4.90 Å². The summed E-state index contributed by atoms with van der Waals surface area (Å²) in [7, 11) is 0. The van der Waals surface area contributed by atoms with Gasteiger partial charge in [0.05, 0.1) is 18.2 Å². The van der Waals surface area contributed by atoms with Gasteiger partial charge in [0.25, 0.3) is 5.91 Å². The fourth-order valence-electron chi connectivity index (χ4n) is 4.42. The molecule has 2 amide bonds. The van der Waals surface area contributed by atoms with Gasteiger partial charge in [-0.05, 0) is 76.2 Å². The summed E-state index contributed by atoms with van der Waals surface area (Å²) in [5, 5.41) is 0.00224. The topological polar surface area (TPSA) is 72.6 Å². The molecule has 2 N–H and O–H groups in total. The second-order valence-corrected chi connectivity index (χ2v) is 8.40. The molecule has 1 aliphatic heterocycles. The van der Waals surface area contributed by atoms with Crippen molar-refractivity contribution in [2.45, 2.75) is 6.42 Å². The Labute approximate surface area is 189 Å². The van der Waals surface area contributed by atoms with Crippen LogP contribution in [0.15, 0.2) is 48.5 Å². The molecule has 1 aliphatic carbocycles. The first-order valence-electron chi connectivity index (χ1n) is 10.3. The Bertz CT molecular complexity index is 1270. The molecule has 1 heterocycles. The summed E-state index contributed by atoms with van der Waals surface area (Å²) in [5.74, 6) is -1.09. The van der Waals surface area contributed by atoms with Gasteiger partial charge in [-0.3, -0.25) is 9.59 Å². The summed E-state index contributed by atoms with van der Waals surface area (Å²) >= 11 is 5.98. The molecular formula is C25H20ClFN2O3. The second kappa shape index (κ2) is 8.04. The lowest BCUT2D eigenvalue weighted by Crippen LogP contribution is -2.40. The second-order valence-electron chi connectivity index (χ2n) is 8.00. The molecule has 0 atom stereocenters. The van der Waals surface area contributed by atoms with Crippen molar-refractivity contribution in [3.8, 4) is 22.3 Å². The van der Waals surface area contributed by atoms with Crippen molar-refractivity contribution in [3.05, 3.63) is 81.6 Å². The van der Waals surface area contributed by atoms with Crippen molar-refractivity contribution >= 4 is 23.4 Å². The van der Waals surface area contributed by atoms with Crippen LogP contribution in [0.1, 0.15) is 31.8 Å². The number of carbonyl (C=O) groups excluding carboxylic acids is 2. The molecular weight excluding hydrogens is 431 g/mol. The highest BCUT2D eigenvalue weighted by atomic mass is 35.5. The number of hydrogen-bond acceptors (Lipinski definition) is 3. The molecule has 2 aliphatic rings. The Morgan fingerprint density at radius 2 is 1.75 bits per heavy atom. The number of carbonyl (C=O) groups is 2. The lowest BCUT2D eigenvalue weighted by Gasteiger charge is -2.27. The van der Waals surface area contributed by atoms with Crippen LogP contribution >= 0.6 is 11.6 Å². The Hall–Kier alpha value is -3.22. The lowest BCUT2D eigenvalue weighted by atomic mass is 9.93. The standard InChI is InChI=1S/C25H20ClFN2O3/c26-22-13-14(3-4-23(22)27)17-11-19-18-10-16(25(31)29-5-7-32-8-6-29)2-1-15(18)9-20(19)21(12-17)24(28)30/h1-4,10-13H,5-9H2,(H2,28,30). The fourth-order valence-corrected chi connectivity index (χ4v) is 4.60. The van der Waals surface area contributed by atoms with Gasteiger partial charge in [-0.25, -0.2) is 4.39 Å². The van der Waals surface area contributed by atoms with Crippen LogP contribution in [-0.2, 0) is 11.2 Å². The van der Waals surface area contributed by atoms with Crippen LogP contribution in [0.3, 0.4) is 0 Å². The maximum absolute atomic E-state index is 13.7. The summed E-state index contributed by atoms with van der Waals surface area (Å²) < 4.78 is 19.0. The number of nitrogens with two attached hydrogens (primary N) is 1. The van der Waals surface area contributed by atoms with Gasteiger partial charge in [0.15, 0.2) is 0 Å². The zero-order valence-electron chi connectivity index (χ0n) is 17.2. The average Bonchev–Trinajstić information content (AvgIpc) is 3.18. The van der Waals surface area contributed by atoms with Gasteiger partial charge >= 0.3 is 0 Å². The normalized spacial score (nSPS) is 14.8. The van der Waals surface area contributed by atoms with E-state index in [2.05, 4.69) is 0 Å². The van der Waals surface area contributed by atoms with Crippen LogP contribution in [0.25, 0.3) is 22.3 Å². The van der Waals surface area contributed by atoms with Crippen molar-refractivity contribution in [2.24, 2.45) is 5.73 Å². The third-order valence-corrected chi connectivity index (χ3v) is 6.37. The quantitative estimate of drug-likeness (QED) is 0.506. The molecule has 5 rings (SSSR count). The van der Waals surface area contributed by atoms with Gasteiger partial charge in [-0.2, -0.15) is 0 Å². The minimum atomic E-state index is -0.534. The molecule has 0 aromatic heterocycles. The van der Waals surface area contributed by atoms with Gasteiger partial charge in [-0.1, -0.05) is 23.7 Å². The highest BCUT2D eigenvalue weighted by molar-refractivity contribution is 6.31. The molecule has 7 heteroatoms. The first kappa shape index (κ1) is 20.7. The van der Waals surface area contributed by atoms with E-state index in [4.69, 9.17) is 22.1 Å². The molecule has 32 heavy (non-hydrogen) atoms. The van der Waals surface area contributed by atoms with Crippen LogP contribution in [-0.4, -0.2) is 43.0 Å². The van der Waals surface area contributed by atoms with E-state index in [0.717, 1.165) is 22.3 Å². The number of ether oxygens (including phenoxy) is 1. The Morgan fingerprint density at radius 3 is 2.47 bits per heavy atom. The van der Waals surface area contributed by atoms with E-state index in [1.807, 2.05) is 24.3 Å². The van der Waals surface area contributed by atoms with E-state index in [1.165, 1.54) is 12.1 Å². The molecule has 0 spiro atoms. The largest absolute Gasteiger partial charge is 0.378 e. The van der Waals surface area contributed by atoms with E-state index >= 15 is 0 Å². The highest BCUT2D eigenvalue weighted by Crippen LogP contribution is 2.42. The van der Waals surface area contributed by atoms with Crippen molar-refractivity contribution in [2.75, 3.05) is 26.3 Å². The molecule has 1 saturated heterocycles. The molecule has 0 radical (unpaired) electrons. The zero-order valence-corrected chi connectivity index (χ0v) is 17.9. The maximum atomic E-state index is 13.7. The SMILES string of the molecule is NC(=O)c1cc(-c2ccc(F)c(Cl)c2)cc2c1Cc1ccc(C(=O)N3CCOCC3)cc1-2. The van der Waals surface area contributed by atoms with Gasteiger partial charge in [0.1, 0.15) is 5.82 Å². The smallest absolute Gasteiger partial charge is 0.254 e. The summed E-state index contributed by atoms with van der Waals surface area (Å²) in [6.45, 7) is 2.19. The summed E-state index contributed by atoms with van der Waals surface area (Å²) in [6.07, 6.45) is 0.555. The monoisotopic (exact) mass is 450 g/mol. The summed E-state index contributed by atoms with van der Waals surface area (Å²) in [4.78, 5) is 27.0. The highest BCUT2D eigenvalue weighted by Gasteiger charge is 2.27. The minimum Gasteiger partial charge on any atom is -0.378 e. The number of halogens is 2. The Morgan fingerprint density at radius 1 is 0.969 bits per heavy atom. The number of nitrogens with zero attached hydrogens (tertiary/aromatic N) is 1. The molecule has 0 saturated carbocycles. The first-order valence-corrected chi connectivity index (χ1v) is 10.7. The van der Waals surface area contributed by atoms with Crippen molar-refractivity contribution in [1.29, 1.82) is 0 Å². The average molecular weight is 451 g/mol. The fraction of sp³-hybridized carbons (Fsp3) is 0.200. The number of primary amides is 1. The number of morpholine rings is 1. The third kappa shape index (κ3) is 3.55. The third-order valence-electron chi connectivity index (χ3n) is 6.08. The molecule has 0 unspecified atom stereocenters. The van der Waals surface area contributed by atoms with Crippen LogP contribution in [0.4, 0.5) is 4.39 Å². The number of hydrogen-bond donors (Lipinski definition) is 1. The Balaban J connectivity index is 1.61. The maximum Gasteiger partial charge on any atom is 0.254 e. The summed E-state index contributed by atoms with van der Waals surface area (Å²) in [6, 6.07) is 13.7. The predicted molar refractivity (Wildman–Crippen MR) is 120 cm³/mol. The van der Waals surface area contributed by atoms with Gasteiger partial charge in [-0.15, -0.1) is 0 Å². The number of rotatable bonds is 3. The van der Waals surface area contributed by atoms with Crippen LogP contribution in [0.5, 0.6) is 0 Å². The van der Waals surface area contributed by atoms with E-state index in [9.17, 15) is 14.0 Å². The Kier molecular flexibility index (Phi) is 5.19. The van der Waals surface area contributed by atoms with Crippen LogP contribution in [0, 0.1) is 5.82 Å². The summed E-state index contributed by atoms with van der Waals surface area (Å²) in [5.41, 5.74) is 11.7. The minimum absolute atomic E-state index is 0.00224. The lowest BCUT2D eigenvalue weighted by molar-refractivity contribution is 0.0303. The van der Waals surface area contributed by atoms with Gasteiger partial charge in [0.2, 0.25) is 5.91 Å². The molecule has 3 aromatic rings. The number of fused-ring (bicyclic) bond motifs is 3. The number of amides is 2. The van der Waals surface area contributed by atoms with E-state index < -0.39 is 11.7 Å². The predicted octanol–water partition coefficient (Wildman–Crippen LogP) is 4.29. The van der Waals surface area contributed by atoms with Crippen LogP contribution in [0.2, 0.25) is 5.02 Å². The first-order chi connectivity index (χ1) is 15.4. The molecule has 0 bridgehead atoms. The number of benzene rings is 3. The molecule has 1 fully saturated rings. The van der Waals surface area contributed by atoms with Crippen molar-refractivity contribution in [3.63, 3.8) is 0 Å². The van der Waals surface area contributed by atoms with E-state index in [1.54, 1.807) is 17.0 Å². The van der Waals surface area contributed by atoms with Gasteiger partial charge < -0.3 is 15.4 Å². The van der Waals surface area contributed by atoms with Crippen molar-refractivity contribution < 1.29 is 18.7 Å². The van der Waals surface area contributed by atoms with Crippen LogP contribution < -0.4 is 5.73 Å². The van der Waals surface area contributed by atoms with Gasteiger partial charge in [0, 0.05) is 24.2 Å².